The minimum atomic E-state index is -0.642. The predicted octanol–water partition coefficient (Wildman–Crippen LogP) is 3.64. The molecule has 2 aromatic carbocycles. The summed E-state index contributed by atoms with van der Waals surface area (Å²) < 4.78 is 38.5. The van der Waals surface area contributed by atoms with Gasteiger partial charge in [0.2, 0.25) is 0 Å². The van der Waals surface area contributed by atoms with Crippen molar-refractivity contribution in [2.75, 3.05) is 13.1 Å². The van der Waals surface area contributed by atoms with Crippen LogP contribution in [0, 0.1) is 17.6 Å². The van der Waals surface area contributed by atoms with Gasteiger partial charge in [-0.3, -0.25) is 0 Å². The van der Waals surface area contributed by atoms with Gasteiger partial charge in [-0.15, -0.1) is 0 Å². The van der Waals surface area contributed by atoms with Crippen LogP contribution >= 0.6 is 0 Å². The first-order valence-corrected chi connectivity index (χ1v) is 10.3. The minimum absolute atomic E-state index is 0.0605. The van der Waals surface area contributed by atoms with Gasteiger partial charge in [-0.1, -0.05) is 6.92 Å². The molecule has 2 aliphatic heterocycles. The molecule has 4 unspecified atom stereocenters. The summed E-state index contributed by atoms with van der Waals surface area (Å²) in [5.41, 5.74) is 1.77. The molecule has 4 atom stereocenters. The quantitative estimate of drug-likeness (QED) is 0.773. The van der Waals surface area contributed by atoms with Crippen LogP contribution in [0.4, 0.5) is 8.78 Å². The molecule has 0 spiro atoms. The topological polar surface area (TPSA) is 50.7 Å². The second kappa shape index (κ2) is 8.67. The molecule has 156 valence electrons. The number of aliphatic hydroxyl groups is 1. The Morgan fingerprint density at radius 2 is 1.48 bits per heavy atom. The molecule has 4 nitrogen and oxygen atoms in total. The van der Waals surface area contributed by atoms with Crippen molar-refractivity contribution >= 4 is 0 Å². The first-order chi connectivity index (χ1) is 14.0. The summed E-state index contributed by atoms with van der Waals surface area (Å²) in [6, 6.07) is 9.17. The van der Waals surface area contributed by atoms with Crippen LogP contribution in [0.25, 0.3) is 0 Å². The minimum Gasteiger partial charge on any atom is -0.490 e. The van der Waals surface area contributed by atoms with E-state index in [1.807, 2.05) is 0 Å². The van der Waals surface area contributed by atoms with Crippen LogP contribution < -0.4 is 14.8 Å². The van der Waals surface area contributed by atoms with Crippen LogP contribution in [0.5, 0.6) is 11.5 Å². The SMILES string of the molecule is CC(CNCC(O)C1CCc2cc(F)ccc2O1)C1CCc2cc(F)ccc2O1. The Balaban J connectivity index is 1.24. The molecule has 29 heavy (non-hydrogen) atoms. The fourth-order valence-electron chi connectivity index (χ4n) is 4.15. The molecule has 6 heteroatoms. The molecule has 2 heterocycles. The lowest BCUT2D eigenvalue weighted by Gasteiger charge is -2.32. The van der Waals surface area contributed by atoms with E-state index in [1.165, 1.54) is 18.2 Å². The van der Waals surface area contributed by atoms with Crippen molar-refractivity contribution in [3.63, 3.8) is 0 Å². The van der Waals surface area contributed by atoms with Gasteiger partial charge in [0, 0.05) is 19.0 Å². The van der Waals surface area contributed by atoms with Crippen molar-refractivity contribution in [1.82, 2.24) is 5.32 Å². The standard InChI is InChI=1S/C23H27F2NO3/c1-14(20-6-2-15-10-17(24)4-8-21(15)28-20)12-26-13-19(27)23-7-3-16-11-18(25)5-9-22(16)29-23/h4-5,8-11,14,19-20,23,26-27H,2-3,6-7,12-13H2,1H3. The molecule has 2 aliphatic rings. The van der Waals surface area contributed by atoms with Crippen molar-refractivity contribution in [2.24, 2.45) is 5.92 Å². The monoisotopic (exact) mass is 403 g/mol. The zero-order chi connectivity index (χ0) is 20.4. The fraction of sp³-hybridized carbons (Fsp3) is 0.478. The Labute approximate surface area is 169 Å². The Morgan fingerprint density at radius 3 is 2.10 bits per heavy atom. The zero-order valence-corrected chi connectivity index (χ0v) is 16.5. The molecule has 0 aromatic heterocycles. The van der Waals surface area contributed by atoms with E-state index in [0.717, 1.165) is 29.7 Å². The summed E-state index contributed by atoms with van der Waals surface area (Å²) >= 11 is 0. The van der Waals surface area contributed by atoms with Crippen molar-refractivity contribution in [3.05, 3.63) is 59.2 Å². The van der Waals surface area contributed by atoms with Gasteiger partial charge in [0.05, 0.1) is 0 Å². The van der Waals surface area contributed by atoms with E-state index in [4.69, 9.17) is 9.47 Å². The number of halogens is 2. The van der Waals surface area contributed by atoms with Gasteiger partial charge in [-0.25, -0.2) is 8.78 Å². The molecule has 2 N–H and O–H groups in total. The number of rotatable bonds is 6. The molecule has 0 saturated heterocycles. The van der Waals surface area contributed by atoms with Crippen LogP contribution in [-0.4, -0.2) is 36.5 Å². The van der Waals surface area contributed by atoms with Crippen LogP contribution in [0.3, 0.4) is 0 Å². The molecule has 0 saturated carbocycles. The van der Waals surface area contributed by atoms with E-state index < -0.39 is 6.10 Å². The Kier molecular flexibility index (Phi) is 6.01. The first-order valence-electron chi connectivity index (χ1n) is 10.3. The maximum Gasteiger partial charge on any atom is 0.126 e. The van der Waals surface area contributed by atoms with E-state index in [0.29, 0.717) is 31.7 Å². The second-order valence-electron chi connectivity index (χ2n) is 8.10. The number of ether oxygens (including phenoxy) is 2. The van der Waals surface area contributed by atoms with Crippen molar-refractivity contribution in [2.45, 2.75) is 50.9 Å². The maximum atomic E-state index is 13.3. The van der Waals surface area contributed by atoms with Crippen molar-refractivity contribution < 1.29 is 23.4 Å². The third-order valence-corrected chi connectivity index (χ3v) is 5.88. The van der Waals surface area contributed by atoms with Crippen LogP contribution in [-0.2, 0) is 12.8 Å². The summed E-state index contributed by atoms with van der Waals surface area (Å²) in [6.45, 7) is 3.23. The molecular weight excluding hydrogens is 376 g/mol. The molecule has 0 aliphatic carbocycles. The van der Waals surface area contributed by atoms with Gasteiger partial charge >= 0.3 is 0 Å². The van der Waals surface area contributed by atoms with E-state index in [2.05, 4.69) is 12.2 Å². The summed E-state index contributed by atoms with van der Waals surface area (Å²) in [6.07, 6.45) is 2.13. The normalized spacial score (nSPS) is 22.6. The first kappa shape index (κ1) is 20.1. The fourth-order valence-corrected chi connectivity index (χ4v) is 4.15. The largest absolute Gasteiger partial charge is 0.490 e. The Hall–Kier alpha value is -2.18. The van der Waals surface area contributed by atoms with Gasteiger partial charge in [-0.05, 0) is 73.2 Å². The van der Waals surface area contributed by atoms with Gasteiger partial charge in [0.15, 0.2) is 0 Å². The van der Waals surface area contributed by atoms with Crippen LogP contribution in [0.1, 0.15) is 30.9 Å². The Morgan fingerprint density at radius 1 is 0.931 bits per heavy atom. The smallest absolute Gasteiger partial charge is 0.126 e. The van der Waals surface area contributed by atoms with E-state index in [1.54, 1.807) is 18.2 Å². The van der Waals surface area contributed by atoms with Crippen molar-refractivity contribution in [3.8, 4) is 11.5 Å². The summed E-state index contributed by atoms with van der Waals surface area (Å²) in [7, 11) is 0. The number of fused-ring (bicyclic) bond motifs is 2. The van der Waals surface area contributed by atoms with E-state index in [-0.39, 0.29) is 29.8 Å². The van der Waals surface area contributed by atoms with Gasteiger partial charge < -0.3 is 19.9 Å². The van der Waals surface area contributed by atoms with E-state index in [9.17, 15) is 13.9 Å². The summed E-state index contributed by atoms with van der Waals surface area (Å²) in [4.78, 5) is 0. The lowest BCUT2D eigenvalue weighted by Crippen LogP contribution is -2.44. The lowest BCUT2D eigenvalue weighted by molar-refractivity contribution is 0.0228. The number of aryl methyl sites for hydroxylation is 2. The zero-order valence-electron chi connectivity index (χ0n) is 16.5. The lowest BCUT2D eigenvalue weighted by atomic mass is 9.94. The second-order valence-corrected chi connectivity index (χ2v) is 8.10. The molecular formula is C23H27F2NO3. The maximum absolute atomic E-state index is 13.3. The third-order valence-electron chi connectivity index (χ3n) is 5.88. The molecule has 0 fully saturated rings. The third kappa shape index (κ3) is 4.70. The number of hydrogen-bond donors (Lipinski definition) is 2. The highest BCUT2D eigenvalue weighted by Gasteiger charge is 2.28. The molecule has 0 radical (unpaired) electrons. The van der Waals surface area contributed by atoms with Gasteiger partial charge in [0.25, 0.3) is 0 Å². The predicted molar refractivity (Wildman–Crippen MR) is 106 cm³/mol. The highest BCUT2D eigenvalue weighted by molar-refractivity contribution is 5.36. The number of benzene rings is 2. The Bertz CT molecular complexity index is 791. The average Bonchev–Trinajstić information content (AvgIpc) is 2.72. The van der Waals surface area contributed by atoms with Gasteiger partial charge in [0.1, 0.15) is 41.4 Å². The van der Waals surface area contributed by atoms with Crippen LogP contribution in [0.2, 0.25) is 0 Å². The summed E-state index contributed by atoms with van der Waals surface area (Å²) in [5.74, 6) is 1.17. The highest BCUT2D eigenvalue weighted by Crippen LogP contribution is 2.31. The molecule has 2 aromatic rings. The summed E-state index contributed by atoms with van der Waals surface area (Å²) in [5, 5.41) is 13.8. The van der Waals surface area contributed by atoms with Gasteiger partial charge in [-0.2, -0.15) is 0 Å². The van der Waals surface area contributed by atoms with E-state index >= 15 is 0 Å². The molecule has 4 rings (SSSR count). The van der Waals surface area contributed by atoms with Crippen molar-refractivity contribution in [1.29, 1.82) is 0 Å². The average molecular weight is 403 g/mol. The highest BCUT2D eigenvalue weighted by atomic mass is 19.1. The number of nitrogens with one attached hydrogen (secondary N) is 1. The number of aliphatic hydroxyl groups excluding tert-OH is 1. The molecule has 0 amide bonds. The molecule has 0 bridgehead atoms. The number of hydrogen-bond acceptors (Lipinski definition) is 4. The van der Waals surface area contributed by atoms with Crippen LogP contribution in [0.15, 0.2) is 36.4 Å².